The van der Waals surface area contributed by atoms with Crippen molar-refractivity contribution < 1.29 is 9.53 Å². The molecule has 0 aliphatic carbocycles. The number of benzene rings is 2. The zero-order valence-corrected chi connectivity index (χ0v) is 16.1. The number of nitrogens with one attached hydrogen (secondary N) is 2. The standard InChI is InChI=1S/C21H24N2O2S/c1-15(2)14-25-19-7-5-4-6-18(19)22-21(26)23-20(24)13-12-17-10-8-16(3)9-11-17/h4-13,15H,14H2,1-3H3,(H2,22,23,24,26)/b13-12+. The van der Waals surface area contributed by atoms with Crippen molar-refractivity contribution in [2.45, 2.75) is 20.8 Å². The van der Waals surface area contributed by atoms with E-state index >= 15 is 0 Å². The summed E-state index contributed by atoms with van der Waals surface area (Å²) in [5.74, 6) is 0.832. The van der Waals surface area contributed by atoms with Gasteiger partial charge in [0.05, 0.1) is 12.3 Å². The molecule has 0 bridgehead atoms. The quantitative estimate of drug-likeness (QED) is 0.580. The normalized spacial score (nSPS) is 10.8. The van der Waals surface area contributed by atoms with E-state index in [1.54, 1.807) is 6.08 Å². The summed E-state index contributed by atoms with van der Waals surface area (Å²) in [4.78, 5) is 12.0. The highest BCUT2D eigenvalue weighted by Gasteiger charge is 2.07. The second-order valence-electron chi connectivity index (χ2n) is 6.39. The van der Waals surface area contributed by atoms with Crippen molar-refractivity contribution in [1.82, 2.24) is 5.32 Å². The number of carbonyl (C=O) groups excluding carboxylic acids is 1. The van der Waals surface area contributed by atoms with Crippen LogP contribution in [-0.4, -0.2) is 17.6 Å². The molecule has 0 saturated carbocycles. The van der Waals surface area contributed by atoms with Crippen molar-refractivity contribution in [3.63, 3.8) is 0 Å². The van der Waals surface area contributed by atoms with Crippen LogP contribution in [0.5, 0.6) is 5.75 Å². The van der Waals surface area contributed by atoms with Crippen molar-refractivity contribution in [2.24, 2.45) is 5.92 Å². The molecule has 0 saturated heterocycles. The summed E-state index contributed by atoms with van der Waals surface area (Å²) in [6.07, 6.45) is 3.21. The number of ether oxygens (including phenoxy) is 1. The molecule has 26 heavy (non-hydrogen) atoms. The van der Waals surface area contributed by atoms with Gasteiger partial charge in [-0.2, -0.15) is 0 Å². The Labute approximate surface area is 160 Å². The van der Waals surface area contributed by atoms with Crippen LogP contribution >= 0.6 is 12.2 Å². The van der Waals surface area contributed by atoms with Crippen LogP contribution < -0.4 is 15.4 Å². The summed E-state index contributed by atoms with van der Waals surface area (Å²) in [6.45, 7) is 6.80. The first-order valence-electron chi connectivity index (χ1n) is 8.52. The summed E-state index contributed by atoms with van der Waals surface area (Å²) >= 11 is 5.22. The van der Waals surface area contributed by atoms with E-state index < -0.39 is 0 Å². The van der Waals surface area contributed by atoms with E-state index in [-0.39, 0.29) is 11.0 Å². The third-order valence-corrected chi connectivity index (χ3v) is 3.65. The predicted molar refractivity (Wildman–Crippen MR) is 111 cm³/mol. The second kappa shape index (κ2) is 9.73. The highest BCUT2D eigenvalue weighted by molar-refractivity contribution is 7.80. The number of hydrogen-bond donors (Lipinski definition) is 2. The minimum Gasteiger partial charge on any atom is -0.491 e. The number of amides is 1. The molecule has 2 N–H and O–H groups in total. The van der Waals surface area contributed by atoms with Crippen LogP contribution in [0, 0.1) is 12.8 Å². The molecule has 0 atom stereocenters. The van der Waals surface area contributed by atoms with Crippen molar-refractivity contribution in [1.29, 1.82) is 0 Å². The Balaban J connectivity index is 1.92. The molecule has 2 aromatic rings. The predicted octanol–water partition coefficient (Wildman–Crippen LogP) is 4.56. The van der Waals surface area contributed by atoms with E-state index in [1.165, 1.54) is 11.6 Å². The molecule has 0 spiro atoms. The van der Waals surface area contributed by atoms with Gasteiger partial charge in [0.2, 0.25) is 5.91 Å². The van der Waals surface area contributed by atoms with Crippen LogP contribution in [0.15, 0.2) is 54.6 Å². The summed E-state index contributed by atoms with van der Waals surface area (Å²) in [7, 11) is 0. The summed E-state index contributed by atoms with van der Waals surface area (Å²) in [5, 5.41) is 5.88. The largest absolute Gasteiger partial charge is 0.491 e. The van der Waals surface area contributed by atoms with E-state index in [0.717, 1.165) is 11.3 Å². The van der Waals surface area contributed by atoms with Crippen molar-refractivity contribution in [2.75, 3.05) is 11.9 Å². The fraction of sp³-hybridized carbons (Fsp3) is 0.238. The molecular formula is C21H24N2O2S. The number of rotatable bonds is 6. The third kappa shape index (κ3) is 6.69. The molecule has 2 aromatic carbocycles. The second-order valence-corrected chi connectivity index (χ2v) is 6.80. The Morgan fingerprint density at radius 3 is 2.54 bits per heavy atom. The molecule has 0 aromatic heterocycles. The molecule has 1 amide bonds. The zero-order valence-electron chi connectivity index (χ0n) is 15.3. The topological polar surface area (TPSA) is 50.4 Å². The van der Waals surface area contributed by atoms with Gasteiger partial charge < -0.3 is 10.1 Å². The average Bonchev–Trinajstić information content (AvgIpc) is 2.60. The first kappa shape index (κ1) is 19.7. The Kier molecular flexibility index (Phi) is 7.36. The molecule has 0 radical (unpaired) electrons. The Morgan fingerprint density at radius 1 is 1.15 bits per heavy atom. The first-order valence-corrected chi connectivity index (χ1v) is 8.93. The molecule has 4 nitrogen and oxygen atoms in total. The van der Waals surface area contributed by atoms with E-state index in [9.17, 15) is 4.79 Å². The minimum atomic E-state index is -0.288. The van der Waals surface area contributed by atoms with Gasteiger partial charge in [-0.3, -0.25) is 10.1 Å². The van der Waals surface area contributed by atoms with E-state index in [4.69, 9.17) is 17.0 Å². The van der Waals surface area contributed by atoms with Gasteiger partial charge in [0.15, 0.2) is 5.11 Å². The number of para-hydroxylation sites is 2. The zero-order chi connectivity index (χ0) is 18.9. The van der Waals surface area contributed by atoms with E-state index in [1.807, 2.05) is 55.5 Å². The van der Waals surface area contributed by atoms with Gasteiger partial charge in [0.25, 0.3) is 0 Å². The van der Waals surface area contributed by atoms with Crippen molar-refractivity contribution >= 4 is 35.0 Å². The Bertz CT molecular complexity index is 783. The highest BCUT2D eigenvalue weighted by Crippen LogP contribution is 2.24. The lowest BCUT2D eigenvalue weighted by Crippen LogP contribution is -2.33. The summed E-state index contributed by atoms with van der Waals surface area (Å²) in [6, 6.07) is 15.4. The van der Waals surface area contributed by atoms with Gasteiger partial charge in [-0.05, 0) is 48.8 Å². The number of hydrogen-bond acceptors (Lipinski definition) is 3. The van der Waals surface area contributed by atoms with Crippen LogP contribution in [0.1, 0.15) is 25.0 Å². The van der Waals surface area contributed by atoms with Crippen LogP contribution in [0.2, 0.25) is 0 Å². The molecule has 0 aliphatic rings. The molecule has 136 valence electrons. The van der Waals surface area contributed by atoms with E-state index in [0.29, 0.717) is 18.3 Å². The van der Waals surface area contributed by atoms with Crippen LogP contribution in [0.4, 0.5) is 5.69 Å². The van der Waals surface area contributed by atoms with Crippen molar-refractivity contribution in [3.05, 3.63) is 65.7 Å². The highest BCUT2D eigenvalue weighted by atomic mass is 32.1. The lowest BCUT2D eigenvalue weighted by Gasteiger charge is -2.15. The molecule has 5 heteroatoms. The maximum Gasteiger partial charge on any atom is 0.250 e. The average molecular weight is 369 g/mol. The lowest BCUT2D eigenvalue weighted by molar-refractivity contribution is -0.115. The molecule has 0 unspecified atom stereocenters. The van der Waals surface area contributed by atoms with Crippen LogP contribution in [-0.2, 0) is 4.79 Å². The fourth-order valence-electron chi connectivity index (χ4n) is 2.11. The number of thiocarbonyl (C=S) groups is 1. The molecule has 0 heterocycles. The number of carbonyl (C=O) groups is 1. The lowest BCUT2D eigenvalue weighted by atomic mass is 10.1. The molecular weight excluding hydrogens is 344 g/mol. The van der Waals surface area contributed by atoms with Gasteiger partial charge in [-0.15, -0.1) is 0 Å². The molecule has 0 aliphatic heterocycles. The van der Waals surface area contributed by atoms with Crippen molar-refractivity contribution in [3.8, 4) is 5.75 Å². The SMILES string of the molecule is Cc1ccc(/C=C/C(=O)NC(=S)Nc2ccccc2OCC(C)C)cc1. The Morgan fingerprint density at radius 2 is 1.85 bits per heavy atom. The monoisotopic (exact) mass is 368 g/mol. The summed E-state index contributed by atoms with van der Waals surface area (Å²) in [5.41, 5.74) is 2.85. The number of anilines is 1. The molecule has 0 fully saturated rings. The minimum absolute atomic E-state index is 0.226. The summed E-state index contributed by atoms with van der Waals surface area (Å²) < 4.78 is 5.77. The van der Waals surface area contributed by atoms with Gasteiger partial charge in [-0.1, -0.05) is 55.8 Å². The Hall–Kier alpha value is -2.66. The van der Waals surface area contributed by atoms with Gasteiger partial charge >= 0.3 is 0 Å². The maximum absolute atomic E-state index is 12.0. The fourth-order valence-corrected chi connectivity index (χ4v) is 2.32. The smallest absolute Gasteiger partial charge is 0.250 e. The van der Waals surface area contributed by atoms with Gasteiger partial charge in [-0.25, -0.2) is 0 Å². The first-order chi connectivity index (χ1) is 12.4. The maximum atomic E-state index is 12.0. The van der Waals surface area contributed by atoms with Gasteiger partial charge in [0, 0.05) is 6.08 Å². The van der Waals surface area contributed by atoms with Crippen LogP contribution in [0.3, 0.4) is 0 Å². The number of aryl methyl sites for hydroxylation is 1. The van der Waals surface area contributed by atoms with Gasteiger partial charge in [0.1, 0.15) is 5.75 Å². The van der Waals surface area contributed by atoms with E-state index in [2.05, 4.69) is 24.5 Å². The van der Waals surface area contributed by atoms with Crippen LogP contribution in [0.25, 0.3) is 6.08 Å². The molecule has 2 rings (SSSR count). The third-order valence-electron chi connectivity index (χ3n) is 3.45.